The van der Waals surface area contributed by atoms with Crippen LogP contribution in [0.2, 0.25) is 0 Å². The molecule has 0 unspecified atom stereocenters. The number of benzene rings is 1. The lowest BCUT2D eigenvalue weighted by molar-refractivity contribution is -0.142. The molecule has 0 bridgehead atoms. The first-order chi connectivity index (χ1) is 11.5. The predicted molar refractivity (Wildman–Crippen MR) is 80.4 cm³/mol. The van der Waals surface area contributed by atoms with Gasteiger partial charge in [0.1, 0.15) is 6.54 Å². The van der Waals surface area contributed by atoms with Crippen LogP contribution in [-0.4, -0.2) is 24.1 Å². The lowest BCUT2D eigenvalue weighted by Gasteiger charge is -2.09. The number of nitrogens with zero attached hydrogens (tertiary/aromatic N) is 3. The minimum Gasteiger partial charge on any atom is -0.368 e. The smallest absolute Gasteiger partial charge is 0.368 e. The van der Waals surface area contributed by atoms with E-state index in [4.69, 9.17) is 5.73 Å². The van der Waals surface area contributed by atoms with Gasteiger partial charge in [-0.25, -0.2) is 4.68 Å². The molecule has 25 heavy (non-hydrogen) atoms. The number of rotatable bonds is 4. The molecule has 0 aliphatic heterocycles. The Morgan fingerprint density at radius 1 is 1.20 bits per heavy atom. The number of aromatic nitrogens is 2. The molecule has 2 N–H and O–H groups in total. The van der Waals surface area contributed by atoms with Gasteiger partial charge >= 0.3 is 6.18 Å². The molecule has 134 valence electrons. The van der Waals surface area contributed by atoms with Crippen LogP contribution in [0.15, 0.2) is 45.7 Å². The van der Waals surface area contributed by atoms with Gasteiger partial charge in [0.15, 0.2) is 11.2 Å². The van der Waals surface area contributed by atoms with Gasteiger partial charge in [-0.2, -0.15) is 26.7 Å². The normalized spacial score (nSPS) is 13.0. The van der Waals surface area contributed by atoms with Gasteiger partial charge < -0.3 is 5.73 Å². The molecule has 0 aliphatic rings. The molecule has 0 fully saturated rings. The number of sulfonamides is 1. The fourth-order valence-corrected chi connectivity index (χ4v) is 2.82. The predicted octanol–water partition coefficient (Wildman–Crippen LogP) is 0.985. The van der Waals surface area contributed by atoms with Crippen LogP contribution in [0, 0.1) is 6.92 Å². The van der Waals surface area contributed by atoms with E-state index in [1.165, 1.54) is 12.1 Å². The third-order valence-corrected chi connectivity index (χ3v) is 4.31. The van der Waals surface area contributed by atoms with Crippen molar-refractivity contribution in [2.45, 2.75) is 24.5 Å². The van der Waals surface area contributed by atoms with Crippen molar-refractivity contribution in [1.29, 1.82) is 0 Å². The number of amides is 1. The Morgan fingerprint density at radius 3 is 2.32 bits per heavy atom. The summed E-state index contributed by atoms with van der Waals surface area (Å²) in [5.41, 5.74) is 4.03. The van der Waals surface area contributed by atoms with Crippen LogP contribution in [0.4, 0.5) is 13.2 Å². The van der Waals surface area contributed by atoms with E-state index in [-0.39, 0.29) is 4.90 Å². The molecule has 11 heteroatoms. The topological polar surface area (TPSA) is 107 Å². The number of primary amides is 1. The number of hydrogen-bond acceptors (Lipinski definition) is 4. The van der Waals surface area contributed by atoms with Gasteiger partial charge in [-0.05, 0) is 31.2 Å². The first kappa shape index (κ1) is 18.6. The summed E-state index contributed by atoms with van der Waals surface area (Å²) in [5.74, 6) is -0.999. The fraction of sp³-hybridized carbons (Fsp3) is 0.214. The summed E-state index contributed by atoms with van der Waals surface area (Å²) < 4.78 is 66.7. The van der Waals surface area contributed by atoms with E-state index in [1.807, 2.05) is 0 Å². The molecule has 0 aliphatic carbocycles. The van der Waals surface area contributed by atoms with E-state index in [0.717, 1.165) is 11.6 Å². The minimum atomic E-state index is -4.77. The molecule has 0 radical (unpaired) electrons. The number of halogens is 3. The van der Waals surface area contributed by atoms with Crippen molar-refractivity contribution in [3.63, 3.8) is 0 Å². The molecule has 0 saturated heterocycles. The number of carbonyl (C=O) groups excluding carboxylic acids is 1. The van der Waals surface area contributed by atoms with Gasteiger partial charge in [0, 0.05) is 0 Å². The Balaban J connectivity index is 2.61. The second-order valence-electron chi connectivity index (χ2n) is 5.08. The number of hydrogen-bond donors (Lipinski definition) is 1. The summed E-state index contributed by atoms with van der Waals surface area (Å²) in [4.78, 5) is 10.9. The first-order valence-electron chi connectivity index (χ1n) is 6.80. The summed E-state index contributed by atoms with van der Waals surface area (Å²) >= 11 is 0. The van der Waals surface area contributed by atoms with Gasteiger partial charge in [0.05, 0.1) is 4.90 Å². The van der Waals surface area contributed by atoms with Crippen LogP contribution in [0.25, 0.3) is 0 Å². The van der Waals surface area contributed by atoms with E-state index in [1.54, 1.807) is 19.1 Å². The first-order valence-corrected chi connectivity index (χ1v) is 8.24. The Bertz CT molecular complexity index is 964. The number of alkyl halides is 3. The lowest BCUT2D eigenvalue weighted by atomic mass is 10.2. The summed E-state index contributed by atoms with van der Waals surface area (Å²) in [5, 5.41) is 3.21. The third kappa shape index (κ3) is 4.66. The molecule has 2 aromatic rings. The molecular weight excluding hydrogens is 361 g/mol. The summed E-state index contributed by atoms with van der Waals surface area (Å²) in [6, 6.07) is 7.09. The number of aryl methyl sites for hydroxylation is 1. The molecule has 0 spiro atoms. The van der Waals surface area contributed by atoms with Crippen molar-refractivity contribution in [1.82, 2.24) is 9.78 Å². The van der Waals surface area contributed by atoms with Crippen LogP contribution in [0.1, 0.15) is 11.3 Å². The summed E-state index contributed by atoms with van der Waals surface area (Å²) in [7, 11) is -4.21. The summed E-state index contributed by atoms with van der Waals surface area (Å²) in [6.45, 7) is 1.00. The Hall–Kier alpha value is -2.69. The van der Waals surface area contributed by atoms with E-state index in [0.29, 0.717) is 10.7 Å². The van der Waals surface area contributed by atoms with Gasteiger partial charge in [-0.15, -0.1) is 4.40 Å². The number of nitrogens with two attached hydrogens (primary N) is 1. The van der Waals surface area contributed by atoms with E-state index in [2.05, 4.69) is 9.50 Å². The maximum Gasteiger partial charge on any atom is 0.435 e. The minimum absolute atomic E-state index is 0.149. The molecule has 2 rings (SSSR count). The van der Waals surface area contributed by atoms with Crippen LogP contribution >= 0.6 is 0 Å². The van der Waals surface area contributed by atoms with E-state index >= 15 is 0 Å². The highest BCUT2D eigenvalue weighted by atomic mass is 32.2. The third-order valence-electron chi connectivity index (χ3n) is 3.01. The zero-order valence-corrected chi connectivity index (χ0v) is 13.7. The molecular formula is C14H13F3N4O3S. The molecule has 7 nitrogen and oxygen atoms in total. The molecule has 1 amide bonds. The van der Waals surface area contributed by atoms with Crippen LogP contribution < -0.4 is 11.2 Å². The molecule has 1 aromatic carbocycles. The maximum absolute atomic E-state index is 12.7. The van der Waals surface area contributed by atoms with Crippen molar-refractivity contribution in [2.24, 2.45) is 10.1 Å². The van der Waals surface area contributed by atoms with Gasteiger partial charge in [-0.3, -0.25) is 4.79 Å². The second kappa shape index (κ2) is 6.67. The largest absolute Gasteiger partial charge is 0.435 e. The lowest BCUT2D eigenvalue weighted by Crippen LogP contribution is -2.32. The molecule has 1 heterocycles. The monoisotopic (exact) mass is 374 g/mol. The zero-order chi connectivity index (χ0) is 18.8. The maximum atomic E-state index is 12.7. The van der Waals surface area contributed by atoms with Crippen molar-refractivity contribution >= 4 is 15.9 Å². The van der Waals surface area contributed by atoms with Crippen LogP contribution in [0.3, 0.4) is 0 Å². The molecule has 0 saturated carbocycles. The van der Waals surface area contributed by atoms with Crippen LogP contribution in [-0.2, 0) is 27.5 Å². The van der Waals surface area contributed by atoms with Crippen LogP contribution in [0.5, 0.6) is 0 Å². The molecule has 1 aromatic heterocycles. The highest BCUT2D eigenvalue weighted by Crippen LogP contribution is 2.26. The van der Waals surface area contributed by atoms with Crippen molar-refractivity contribution in [2.75, 3.05) is 0 Å². The highest BCUT2D eigenvalue weighted by Gasteiger charge is 2.33. The zero-order valence-electron chi connectivity index (χ0n) is 12.9. The Kier molecular flexibility index (Phi) is 4.97. The van der Waals surface area contributed by atoms with Crippen molar-refractivity contribution in [3.05, 3.63) is 53.1 Å². The van der Waals surface area contributed by atoms with Gasteiger partial charge in [-0.1, -0.05) is 17.7 Å². The van der Waals surface area contributed by atoms with Crippen molar-refractivity contribution < 1.29 is 26.4 Å². The SMILES string of the molecule is Cc1ccc(S(=O)(=O)/N=c2\ccc(C(F)(F)F)nn2CC(N)=O)cc1. The quantitative estimate of drug-likeness (QED) is 0.861. The van der Waals surface area contributed by atoms with Gasteiger partial charge in [0.2, 0.25) is 5.91 Å². The fourth-order valence-electron chi connectivity index (χ4n) is 1.83. The second-order valence-corrected chi connectivity index (χ2v) is 6.68. The Morgan fingerprint density at radius 2 is 1.80 bits per heavy atom. The average Bonchev–Trinajstić information content (AvgIpc) is 2.47. The van der Waals surface area contributed by atoms with Crippen molar-refractivity contribution in [3.8, 4) is 0 Å². The van der Waals surface area contributed by atoms with E-state index < -0.39 is 39.8 Å². The average molecular weight is 374 g/mol. The van der Waals surface area contributed by atoms with E-state index in [9.17, 15) is 26.4 Å². The number of carbonyl (C=O) groups is 1. The van der Waals surface area contributed by atoms with Gasteiger partial charge in [0.25, 0.3) is 10.0 Å². The Labute approximate surface area is 140 Å². The highest BCUT2D eigenvalue weighted by molar-refractivity contribution is 7.90. The summed E-state index contributed by atoms with van der Waals surface area (Å²) in [6.07, 6.45) is -4.77. The standard InChI is InChI=1S/C14H13F3N4O3S/c1-9-2-4-10(5-3-9)25(23,24)20-13-7-6-11(14(15,16)17)19-21(13)8-12(18)22/h2-7H,8H2,1H3,(H2,18,22)/b20-13+. The molecule has 0 atom stereocenters.